The number of aromatic nitrogens is 2. The molecule has 116 valence electrons. The van der Waals surface area contributed by atoms with Crippen LogP contribution in [0.3, 0.4) is 0 Å². The van der Waals surface area contributed by atoms with Crippen LogP contribution in [0.25, 0.3) is 0 Å². The molecule has 5 heteroatoms. The second-order valence-corrected chi connectivity index (χ2v) is 7.36. The molecular weight excluding hydrogens is 284 g/mol. The van der Waals surface area contributed by atoms with Gasteiger partial charge in [0.05, 0.1) is 5.69 Å². The molecule has 1 fully saturated rings. The highest BCUT2D eigenvalue weighted by Crippen LogP contribution is 2.39. The summed E-state index contributed by atoms with van der Waals surface area (Å²) < 4.78 is 0. The minimum atomic E-state index is -0.921. The zero-order valence-electron chi connectivity index (χ0n) is 13.2. The smallest absolute Gasteiger partial charge is 0.340 e. The SMILES string of the molecule is CCc1nc(C)c(C(=O)O)c(SC2CCC(C)C(C)C2)n1. The second-order valence-electron chi connectivity index (χ2n) is 6.07. The number of hydrogen-bond donors (Lipinski definition) is 1. The summed E-state index contributed by atoms with van der Waals surface area (Å²) in [4.78, 5) is 20.3. The van der Waals surface area contributed by atoms with Crippen LogP contribution in [0.15, 0.2) is 5.03 Å². The van der Waals surface area contributed by atoms with Crippen molar-refractivity contribution in [3.63, 3.8) is 0 Å². The van der Waals surface area contributed by atoms with Gasteiger partial charge in [-0.05, 0) is 38.0 Å². The standard InChI is InChI=1S/C16H24N2O2S/c1-5-13-17-11(4)14(16(19)20)15(18-13)21-12-7-6-9(2)10(3)8-12/h9-10,12H,5-8H2,1-4H3,(H,19,20). The number of carboxylic acid groups (broad SMARTS) is 1. The van der Waals surface area contributed by atoms with Gasteiger partial charge in [-0.3, -0.25) is 0 Å². The van der Waals surface area contributed by atoms with E-state index >= 15 is 0 Å². The Kier molecular flexibility index (Phi) is 5.25. The Hall–Kier alpha value is -1.10. The molecule has 1 heterocycles. The summed E-state index contributed by atoms with van der Waals surface area (Å²) in [7, 11) is 0. The van der Waals surface area contributed by atoms with Crippen LogP contribution in [0.5, 0.6) is 0 Å². The molecule has 3 unspecified atom stereocenters. The lowest BCUT2D eigenvalue weighted by molar-refractivity contribution is 0.0690. The number of nitrogens with zero attached hydrogens (tertiary/aromatic N) is 2. The molecule has 1 aromatic heterocycles. The van der Waals surface area contributed by atoms with Crippen LogP contribution in [0.2, 0.25) is 0 Å². The van der Waals surface area contributed by atoms with E-state index in [4.69, 9.17) is 0 Å². The molecule has 0 radical (unpaired) electrons. The van der Waals surface area contributed by atoms with Crippen LogP contribution >= 0.6 is 11.8 Å². The Morgan fingerprint density at radius 3 is 2.57 bits per heavy atom. The molecule has 4 nitrogen and oxygen atoms in total. The van der Waals surface area contributed by atoms with E-state index in [2.05, 4.69) is 23.8 Å². The lowest BCUT2D eigenvalue weighted by Crippen LogP contribution is -2.23. The third-order valence-corrected chi connectivity index (χ3v) is 5.74. The minimum absolute atomic E-state index is 0.281. The van der Waals surface area contributed by atoms with Crippen LogP contribution in [-0.2, 0) is 6.42 Å². The van der Waals surface area contributed by atoms with Crippen LogP contribution < -0.4 is 0 Å². The fourth-order valence-corrected chi connectivity index (χ4v) is 4.34. The van der Waals surface area contributed by atoms with Gasteiger partial charge in [0, 0.05) is 11.7 Å². The molecule has 21 heavy (non-hydrogen) atoms. The van der Waals surface area contributed by atoms with E-state index in [9.17, 15) is 9.90 Å². The first kappa shape index (κ1) is 16.3. The predicted octanol–water partition coefficient (Wildman–Crippen LogP) is 3.96. The zero-order valence-corrected chi connectivity index (χ0v) is 14.0. The lowest BCUT2D eigenvalue weighted by atomic mass is 9.81. The number of hydrogen-bond acceptors (Lipinski definition) is 4. The Morgan fingerprint density at radius 2 is 2.00 bits per heavy atom. The number of carboxylic acids is 1. The van der Waals surface area contributed by atoms with E-state index < -0.39 is 5.97 Å². The van der Waals surface area contributed by atoms with E-state index in [1.807, 2.05) is 6.92 Å². The maximum atomic E-state index is 11.5. The van der Waals surface area contributed by atoms with Gasteiger partial charge < -0.3 is 5.11 Å². The minimum Gasteiger partial charge on any atom is -0.478 e. The van der Waals surface area contributed by atoms with Crippen molar-refractivity contribution in [1.82, 2.24) is 9.97 Å². The molecule has 0 aromatic carbocycles. The number of carbonyl (C=O) groups is 1. The van der Waals surface area contributed by atoms with E-state index in [1.54, 1.807) is 18.7 Å². The summed E-state index contributed by atoms with van der Waals surface area (Å²) in [6, 6.07) is 0. The van der Waals surface area contributed by atoms with Crippen molar-refractivity contribution < 1.29 is 9.90 Å². The second kappa shape index (κ2) is 6.77. The topological polar surface area (TPSA) is 63.1 Å². The zero-order chi connectivity index (χ0) is 15.6. The van der Waals surface area contributed by atoms with Gasteiger partial charge in [0.2, 0.25) is 0 Å². The van der Waals surface area contributed by atoms with Gasteiger partial charge in [-0.2, -0.15) is 0 Å². The molecule has 3 atom stereocenters. The third-order valence-electron chi connectivity index (χ3n) is 4.46. The third kappa shape index (κ3) is 3.76. The highest BCUT2D eigenvalue weighted by Gasteiger charge is 2.28. The van der Waals surface area contributed by atoms with Gasteiger partial charge in [0.25, 0.3) is 0 Å². The van der Waals surface area contributed by atoms with Crippen molar-refractivity contribution >= 4 is 17.7 Å². The monoisotopic (exact) mass is 308 g/mol. The van der Waals surface area contributed by atoms with Gasteiger partial charge in [0.1, 0.15) is 16.4 Å². The first-order valence-electron chi connectivity index (χ1n) is 7.69. The molecule has 0 amide bonds. The molecule has 1 aliphatic carbocycles. The molecule has 1 saturated carbocycles. The van der Waals surface area contributed by atoms with Crippen molar-refractivity contribution in [2.24, 2.45) is 11.8 Å². The summed E-state index contributed by atoms with van der Waals surface area (Å²) in [5.74, 6) is 1.27. The summed E-state index contributed by atoms with van der Waals surface area (Å²) in [5.41, 5.74) is 0.859. The Labute approximate surface area is 130 Å². The fraction of sp³-hybridized carbons (Fsp3) is 0.688. The summed E-state index contributed by atoms with van der Waals surface area (Å²) in [5, 5.41) is 10.6. The van der Waals surface area contributed by atoms with Gasteiger partial charge in [-0.25, -0.2) is 14.8 Å². The van der Waals surface area contributed by atoms with Crippen molar-refractivity contribution in [3.05, 3.63) is 17.1 Å². The van der Waals surface area contributed by atoms with Crippen molar-refractivity contribution in [2.45, 2.75) is 63.7 Å². The summed E-state index contributed by atoms with van der Waals surface area (Å²) in [6.07, 6.45) is 4.22. The number of thioether (sulfide) groups is 1. The van der Waals surface area contributed by atoms with Gasteiger partial charge in [-0.1, -0.05) is 20.8 Å². The molecule has 1 aliphatic rings. The highest BCUT2D eigenvalue weighted by atomic mass is 32.2. The van der Waals surface area contributed by atoms with Crippen LogP contribution in [0, 0.1) is 18.8 Å². The van der Waals surface area contributed by atoms with Gasteiger partial charge in [-0.15, -0.1) is 11.8 Å². The van der Waals surface area contributed by atoms with Gasteiger partial charge in [0.15, 0.2) is 0 Å². The quantitative estimate of drug-likeness (QED) is 0.853. The molecule has 1 aromatic rings. The Bertz CT molecular complexity index is 533. The molecule has 0 aliphatic heterocycles. The summed E-state index contributed by atoms with van der Waals surface area (Å²) in [6.45, 7) is 8.35. The highest BCUT2D eigenvalue weighted by molar-refractivity contribution is 7.99. The molecule has 1 N–H and O–H groups in total. The van der Waals surface area contributed by atoms with Crippen LogP contribution in [0.1, 0.15) is 61.9 Å². The first-order valence-corrected chi connectivity index (χ1v) is 8.57. The predicted molar refractivity (Wildman–Crippen MR) is 84.9 cm³/mol. The molecule has 0 saturated heterocycles. The number of rotatable bonds is 4. The average Bonchev–Trinajstić information content (AvgIpc) is 2.41. The molecule has 0 bridgehead atoms. The fourth-order valence-electron chi connectivity index (χ4n) is 2.86. The first-order chi connectivity index (χ1) is 9.92. The number of aromatic carboxylic acids is 1. The average molecular weight is 308 g/mol. The largest absolute Gasteiger partial charge is 0.478 e. The molecular formula is C16H24N2O2S. The van der Waals surface area contributed by atoms with E-state index in [0.717, 1.165) is 31.0 Å². The Balaban J connectivity index is 2.26. The van der Waals surface area contributed by atoms with Crippen molar-refractivity contribution in [3.8, 4) is 0 Å². The van der Waals surface area contributed by atoms with Crippen molar-refractivity contribution in [2.75, 3.05) is 0 Å². The maximum Gasteiger partial charge on any atom is 0.340 e. The number of aryl methyl sites for hydroxylation is 2. The maximum absolute atomic E-state index is 11.5. The van der Waals surface area contributed by atoms with Crippen LogP contribution in [0.4, 0.5) is 0 Å². The van der Waals surface area contributed by atoms with E-state index in [-0.39, 0.29) is 5.56 Å². The van der Waals surface area contributed by atoms with E-state index in [1.165, 1.54) is 6.42 Å². The lowest BCUT2D eigenvalue weighted by Gasteiger charge is -2.31. The molecule has 2 rings (SSSR count). The Morgan fingerprint density at radius 1 is 1.29 bits per heavy atom. The summed E-state index contributed by atoms with van der Waals surface area (Å²) >= 11 is 1.64. The molecule has 0 spiro atoms. The normalized spacial score (nSPS) is 25.8. The van der Waals surface area contributed by atoms with Crippen LogP contribution in [-0.4, -0.2) is 26.3 Å². The van der Waals surface area contributed by atoms with Crippen molar-refractivity contribution in [1.29, 1.82) is 0 Å². The van der Waals surface area contributed by atoms with E-state index in [0.29, 0.717) is 21.9 Å². The van der Waals surface area contributed by atoms with Gasteiger partial charge >= 0.3 is 5.97 Å².